The molecule has 20 heavy (non-hydrogen) atoms. The first-order valence-electron chi connectivity index (χ1n) is 7.07. The number of hydrogen-bond donors (Lipinski definition) is 1. The largest absolute Gasteiger partial charge is 0.379 e. The quantitative estimate of drug-likeness (QED) is 0.751. The van der Waals surface area contributed by atoms with Gasteiger partial charge in [-0.1, -0.05) is 6.92 Å². The molecule has 0 aliphatic carbocycles. The van der Waals surface area contributed by atoms with E-state index in [-0.39, 0.29) is 17.4 Å². The van der Waals surface area contributed by atoms with Gasteiger partial charge in [0.15, 0.2) is 9.84 Å². The molecule has 0 saturated carbocycles. The van der Waals surface area contributed by atoms with Gasteiger partial charge in [0.05, 0.1) is 5.60 Å². The number of hydrogen-bond acceptors (Lipinski definition) is 6. The van der Waals surface area contributed by atoms with E-state index in [1.165, 1.54) is 0 Å². The molecule has 0 aromatic heterocycles. The molecule has 1 saturated heterocycles. The second-order valence-corrected chi connectivity index (χ2v) is 9.37. The molecule has 1 aliphatic heterocycles. The Hall–Kier alpha value is 0.180. The molecule has 1 rings (SSSR count). The van der Waals surface area contributed by atoms with Gasteiger partial charge in [-0.3, -0.25) is 4.90 Å². The molecular weight excluding hydrogens is 296 g/mol. The molecule has 2 N–H and O–H groups in total. The molecule has 0 aromatic carbocycles. The van der Waals surface area contributed by atoms with Gasteiger partial charge in [0, 0.05) is 43.5 Å². The van der Waals surface area contributed by atoms with E-state index < -0.39 is 15.2 Å². The topological polar surface area (TPSA) is 72.6 Å². The Morgan fingerprint density at radius 1 is 1.50 bits per heavy atom. The minimum atomic E-state index is -3.08. The summed E-state index contributed by atoms with van der Waals surface area (Å²) in [6.45, 7) is 6.96. The summed E-state index contributed by atoms with van der Waals surface area (Å²) in [5.74, 6) is 1.78. The van der Waals surface area contributed by atoms with Crippen molar-refractivity contribution in [3.63, 3.8) is 0 Å². The first-order chi connectivity index (χ1) is 9.27. The Morgan fingerprint density at radius 2 is 2.15 bits per heavy atom. The van der Waals surface area contributed by atoms with E-state index in [2.05, 4.69) is 4.90 Å². The van der Waals surface area contributed by atoms with Crippen molar-refractivity contribution in [2.45, 2.75) is 44.2 Å². The summed E-state index contributed by atoms with van der Waals surface area (Å²) in [6, 6.07) is 0.0391. The van der Waals surface area contributed by atoms with Crippen molar-refractivity contribution in [1.82, 2.24) is 4.90 Å². The average molecular weight is 325 g/mol. The van der Waals surface area contributed by atoms with Crippen LogP contribution in [0.3, 0.4) is 0 Å². The fourth-order valence-corrected chi connectivity index (χ4v) is 5.59. The summed E-state index contributed by atoms with van der Waals surface area (Å²) in [5, 5.41) is -0.410. The van der Waals surface area contributed by atoms with Gasteiger partial charge >= 0.3 is 0 Å². The normalized spacial score (nSPS) is 23.8. The Bertz CT molecular complexity index is 398. The van der Waals surface area contributed by atoms with Crippen molar-refractivity contribution in [1.29, 1.82) is 0 Å². The number of thioether (sulfide) groups is 1. The molecule has 1 fully saturated rings. The number of nitrogens with two attached hydrogens (primary N) is 1. The predicted octanol–water partition coefficient (Wildman–Crippen LogP) is 0.938. The van der Waals surface area contributed by atoms with Gasteiger partial charge in [-0.15, -0.1) is 0 Å². The number of methoxy groups -OCH3 is 1. The van der Waals surface area contributed by atoms with Gasteiger partial charge in [0.2, 0.25) is 0 Å². The van der Waals surface area contributed by atoms with Gasteiger partial charge in [-0.25, -0.2) is 8.42 Å². The van der Waals surface area contributed by atoms with Gasteiger partial charge in [0.1, 0.15) is 5.37 Å². The maximum absolute atomic E-state index is 12.3. The third-order valence-corrected chi connectivity index (χ3v) is 7.27. The van der Waals surface area contributed by atoms with Gasteiger partial charge in [-0.2, -0.15) is 11.8 Å². The average Bonchev–Trinajstić information content (AvgIpc) is 2.45. The Labute approximate surface area is 127 Å². The van der Waals surface area contributed by atoms with Crippen LogP contribution in [0.2, 0.25) is 0 Å². The number of nitrogens with zero attached hydrogens (tertiary/aromatic N) is 1. The fourth-order valence-electron chi connectivity index (χ4n) is 2.50. The van der Waals surface area contributed by atoms with Crippen LogP contribution < -0.4 is 5.73 Å². The fraction of sp³-hybridized carbons (Fsp3) is 1.00. The van der Waals surface area contributed by atoms with Gasteiger partial charge in [0.25, 0.3) is 0 Å². The Kier molecular flexibility index (Phi) is 6.79. The van der Waals surface area contributed by atoms with Gasteiger partial charge in [-0.05, 0) is 20.3 Å². The lowest BCUT2D eigenvalue weighted by Crippen LogP contribution is -2.56. The number of rotatable bonds is 7. The second kappa shape index (κ2) is 7.45. The SMILES string of the molecule is CCS(=O)(=O)C1CSCCN1C(CN)CC(C)(C)OC. The first kappa shape index (κ1) is 18.2. The smallest absolute Gasteiger partial charge is 0.166 e. The van der Waals surface area contributed by atoms with E-state index in [0.29, 0.717) is 12.3 Å². The predicted molar refractivity (Wildman–Crippen MR) is 85.8 cm³/mol. The Morgan fingerprint density at radius 3 is 2.65 bits per heavy atom. The molecule has 7 heteroatoms. The third-order valence-electron chi connectivity index (χ3n) is 3.96. The minimum absolute atomic E-state index is 0.0391. The van der Waals surface area contributed by atoms with Crippen LogP contribution >= 0.6 is 11.8 Å². The van der Waals surface area contributed by atoms with Crippen LogP contribution in [-0.4, -0.2) is 67.8 Å². The zero-order valence-electron chi connectivity index (χ0n) is 13.0. The lowest BCUT2D eigenvalue weighted by atomic mass is 9.97. The van der Waals surface area contributed by atoms with E-state index in [0.717, 1.165) is 18.7 Å². The van der Waals surface area contributed by atoms with Crippen LogP contribution in [0.1, 0.15) is 27.2 Å². The minimum Gasteiger partial charge on any atom is -0.379 e. The summed E-state index contributed by atoms with van der Waals surface area (Å²) in [4.78, 5) is 2.08. The van der Waals surface area contributed by atoms with E-state index in [1.54, 1.807) is 25.8 Å². The Balaban J connectivity index is 2.92. The van der Waals surface area contributed by atoms with Crippen molar-refractivity contribution in [2.24, 2.45) is 5.73 Å². The molecule has 0 bridgehead atoms. The first-order valence-corrected chi connectivity index (χ1v) is 9.94. The van der Waals surface area contributed by atoms with Crippen LogP contribution in [0.5, 0.6) is 0 Å². The zero-order chi connectivity index (χ0) is 15.4. The van der Waals surface area contributed by atoms with Crippen molar-refractivity contribution in [2.75, 3.05) is 37.5 Å². The van der Waals surface area contributed by atoms with E-state index >= 15 is 0 Å². The van der Waals surface area contributed by atoms with Crippen molar-refractivity contribution < 1.29 is 13.2 Å². The van der Waals surface area contributed by atoms with E-state index in [1.807, 2.05) is 13.8 Å². The molecule has 0 aromatic rings. The molecule has 0 amide bonds. The van der Waals surface area contributed by atoms with Crippen molar-refractivity contribution in [3.05, 3.63) is 0 Å². The summed E-state index contributed by atoms with van der Waals surface area (Å²) >= 11 is 1.71. The van der Waals surface area contributed by atoms with Gasteiger partial charge < -0.3 is 10.5 Å². The molecule has 1 aliphatic rings. The molecule has 2 unspecified atom stereocenters. The molecule has 120 valence electrons. The van der Waals surface area contributed by atoms with Crippen molar-refractivity contribution in [3.8, 4) is 0 Å². The summed E-state index contributed by atoms with van der Waals surface area (Å²) in [6.07, 6.45) is 0.737. The number of ether oxygens (including phenoxy) is 1. The summed E-state index contributed by atoms with van der Waals surface area (Å²) < 4.78 is 30.1. The van der Waals surface area contributed by atoms with Crippen LogP contribution in [0.15, 0.2) is 0 Å². The third kappa shape index (κ3) is 4.59. The lowest BCUT2D eigenvalue weighted by Gasteiger charge is -2.42. The highest BCUT2D eigenvalue weighted by molar-refractivity contribution is 8.01. The van der Waals surface area contributed by atoms with Crippen LogP contribution in [-0.2, 0) is 14.6 Å². The molecule has 0 radical (unpaired) electrons. The van der Waals surface area contributed by atoms with E-state index in [9.17, 15) is 8.42 Å². The highest BCUT2D eigenvalue weighted by Crippen LogP contribution is 2.27. The maximum Gasteiger partial charge on any atom is 0.166 e. The maximum atomic E-state index is 12.3. The van der Waals surface area contributed by atoms with Crippen LogP contribution in [0, 0.1) is 0 Å². The molecule has 5 nitrogen and oxygen atoms in total. The summed E-state index contributed by atoms with van der Waals surface area (Å²) in [5.41, 5.74) is 5.62. The highest BCUT2D eigenvalue weighted by Gasteiger charge is 2.38. The summed E-state index contributed by atoms with van der Waals surface area (Å²) in [7, 11) is -1.40. The zero-order valence-corrected chi connectivity index (χ0v) is 14.6. The van der Waals surface area contributed by atoms with Crippen LogP contribution in [0.4, 0.5) is 0 Å². The lowest BCUT2D eigenvalue weighted by molar-refractivity contribution is -0.00829. The molecule has 2 atom stereocenters. The highest BCUT2D eigenvalue weighted by atomic mass is 32.2. The molecule has 0 spiro atoms. The molecular formula is C13H28N2O3S2. The van der Waals surface area contributed by atoms with Crippen LogP contribution in [0.25, 0.3) is 0 Å². The molecule has 1 heterocycles. The number of sulfone groups is 1. The standard InChI is InChI=1S/C13H28N2O3S2/c1-5-20(16,17)12-10-19-7-6-15(12)11(9-14)8-13(2,3)18-4/h11-12H,5-10,14H2,1-4H3. The second-order valence-electron chi connectivity index (χ2n) is 5.78. The van der Waals surface area contributed by atoms with E-state index in [4.69, 9.17) is 10.5 Å². The monoisotopic (exact) mass is 324 g/mol. The van der Waals surface area contributed by atoms with Crippen molar-refractivity contribution >= 4 is 21.6 Å².